The second kappa shape index (κ2) is 9.00. The summed E-state index contributed by atoms with van der Waals surface area (Å²) in [5, 5.41) is 0. The summed E-state index contributed by atoms with van der Waals surface area (Å²) in [6.45, 7) is 0. The highest BCUT2D eigenvalue weighted by Gasteiger charge is 2.21. The van der Waals surface area contributed by atoms with E-state index in [4.69, 9.17) is 18.9 Å². The molecule has 2 aromatic carbocycles. The fourth-order valence-corrected chi connectivity index (χ4v) is 4.78. The molecule has 0 radical (unpaired) electrons. The molecule has 29 heavy (non-hydrogen) atoms. The number of halogens is 1. The van der Waals surface area contributed by atoms with Gasteiger partial charge in [-0.25, -0.2) is 4.98 Å². The molecule has 1 aromatic heterocycles. The van der Waals surface area contributed by atoms with Crippen LogP contribution < -0.4 is 18.9 Å². The second-order valence-electron chi connectivity index (χ2n) is 6.16. The molecule has 0 aliphatic carbocycles. The molecule has 0 saturated heterocycles. The number of ether oxygens (including phenoxy) is 4. The minimum absolute atomic E-state index is 0.546. The molecule has 0 saturated carbocycles. The minimum Gasteiger partial charge on any atom is -0.496 e. The van der Waals surface area contributed by atoms with E-state index >= 15 is 0 Å². The Bertz CT molecular complexity index is 1010. The van der Waals surface area contributed by atoms with Gasteiger partial charge in [0.1, 0.15) is 5.75 Å². The Morgan fingerprint density at radius 1 is 0.862 bits per heavy atom. The number of aryl methyl sites for hydroxylation is 1. The molecule has 3 rings (SSSR count). The van der Waals surface area contributed by atoms with Crippen molar-refractivity contribution in [2.45, 2.75) is 4.90 Å². The van der Waals surface area contributed by atoms with Crippen LogP contribution in [0.2, 0.25) is 0 Å². The summed E-state index contributed by atoms with van der Waals surface area (Å²) >= 11 is 5.30. The van der Waals surface area contributed by atoms with Gasteiger partial charge in [-0.05, 0) is 46.5 Å². The van der Waals surface area contributed by atoms with Crippen molar-refractivity contribution in [3.05, 3.63) is 35.1 Å². The predicted octanol–water partition coefficient (Wildman–Crippen LogP) is 5.27. The summed E-state index contributed by atoms with van der Waals surface area (Å²) in [6.07, 6.45) is 3.81. The number of nitrogens with zero attached hydrogens (tertiary/aromatic N) is 2. The smallest absolute Gasteiger partial charge is 0.203 e. The SMILES string of the molecule is COc1cc(-c2ncn(C)c2-c2cc(Br)c(SC)c(OC)c2)cc(OC)c1OC. The Morgan fingerprint density at radius 3 is 1.97 bits per heavy atom. The summed E-state index contributed by atoms with van der Waals surface area (Å²) in [4.78, 5) is 5.69. The molecule has 0 atom stereocenters. The lowest BCUT2D eigenvalue weighted by molar-refractivity contribution is 0.324. The van der Waals surface area contributed by atoms with E-state index in [1.54, 1.807) is 46.5 Å². The van der Waals surface area contributed by atoms with Crippen LogP contribution in [0.15, 0.2) is 40.0 Å². The van der Waals surface area contributed by atoms with Crippen LogP contribution in [0.25, 0.3) is 22.5 Å². The van der Waals surface area contributed by atoms with E-state index in [9.17, 15) is 0 Å². The monoisotopic (exact) mass is 478 g/mol. The van der Waals surface area contributed by atoms with E-state index in [0.717, 1.165) is 37.6 Å². The van der Waals surface area contributed by atoms with Gasteiger partial charge in [-0.15, -0.1) is 11.8 Å². The van der Waals surface area contributed by atoms with Crippen LogP contribution in [0.5, 0.6) is 23.0 Å². The standard InChI is InChI=1S/C21H23BrN2O4S/c1-24-11-23-18(12-8-15(25-2)20(28-5)16(9-12)26-3)19(24)13-7-14(22)21(29-6)17(10-13)27-4/h7-11H,1-6H3. The van der Waals surface area contributed by atoms with Gasteiger partial charge < -0.3 is 23.5 Å². The van der Waals surface area contributed by atoms with Crippen LogP contribution in [-0.2, 0) is 7.05 Å². The molecule has 3 aromatic rings. The van der Waals surface area contributed by atoms with Crippen LogP contribution in [0.1, 0.15) is 0 Å². The number of rotatable bonds is 7. The third-order valence-corrected chi connectivity index (χ3v) is 6.30. The first-order chi connectivity index (χ1) is 14.0. The molecule has 6 nitrogen and oxygen atoms in total. The van der Waals surface area contributed by atoms with Gasteiger partial charge in [0, 0.05) is 22.6 Å². The maximum absolute atomic E-state index is 5.61. The molecule has 0 N–H and O–H groups in total. The summed E-state index contributed by atoms with van der Waals surface area (Å²) in [6, 6.07) is 7.90. The maximum Gasteiger partial charge on any atom is 0.203 e. The van der Waals surface area contributed by atoms with Gasteiger partial charge in [-0.1, -0.05) is 0 Å². The van der Waals surface area contributed by atoms with Crippen molar-refractivity contribution in [2.24, 2.45) is 7.05 Å². The van der Waals surface area contributed by atoms with Gasteiger partial charge in [-0.2, -0.15) is 0 Å². The third-order valence-electron chi connectivity index (χ3n) is 4.58. The molecule has 8 heteroatoms. The Balaban J connectivity index is 2.24. The van der Waals surface area contributed by atoms with Crippen molar-refractivity contribution in [1.82, 2.24) is 9.55 Å². The van der Waals surface area contributed by atoms with Crippen LogP contribution in [0.3, 0.4) is 0 Å². The largest absolute Gasteiger partial charge is 0.496 e. The van der Waals surface area contributed by atoms with Crippen LogP contribution in [-0.4, -0.2) is 44.2 Å². The van der Waals surface area contributed by atoms with E-state index < -0.39 is 0 Å². The fourth-order valence-electron chi connectivity index (χ4n) is 3.25. The average molecular weight is 479 g/mol. The van der Waals surface area contributed by atoms with Crippen molar-refractivity contribution in [3.8, 4) is 45.5 Å². The van der Waals surface area contributed by atoms with E-state index in [0.29, 0.717) is 17.2 Å². The van der Waals surface area contributed by atoms with E-state index in [1.807, 2.05) is 36.1 Å². The maximum atomic E-state index is 5.61. The summed E-state index contributed by atoms with van der Waals surface area (Å²) in [5.74, 6) is 2.51. The Labute approximate surface area is 183 Å². The van der Waals surface area contributed by atoms with Crippen molar-refractivity contribution in [3.63, 3.8) is 0 Å². The van der Waals surface area contributed by atoms with E-state index in [-0.39, 0.29) is 0 Å². The first-order valence-corrected chi connectivity index (χ1v) is 10.7. The van der Waals surface area contributed by atoms with Gasteiger partial charge in [0.25, 0.3) is 0 Å². The molecule has 1 heterocycles. The first-order valence-electron chi connectivity index (χ1n) is 8.72. The zero-order valence-corrected chi connectivity index (χ0v) is 19.6. The summed E-state index contributed by atoms with van der Waals surface area (Å²) in [5.41, 5.74) is 3.60. The fraction of sp³-hybridized carbons (Fsp3) is 0.286. The zero-order chi connectivity index (χ0) is 21.1. The molecular formula is C21H23BrN2O4S. The van der Waals surface area contributed by atoms with Crippen LogP contribution in [0, 0.1) is 0 Å². The molecule has 0 aliphatic heterocycles. The molecule has 154 valence electrons. The molecule has 0 fully saturated rings. The summed E-state index contributed by atoms with van der Waals surface area (Å²) < 4.78 is 25.0. The third kappa shape index (κ3) is 3.91. The van der Waals surface area contributed by atoms with Crippen molar-refractivity contribution >= 4 is 27.7 Å². The van der Waals surface area contributed by atoms with Gasteiger partial charge in [-0.3, -0.25) is 0 Å². The average Bonchev–Trinajstić information content (AvgIpc) is 3.13. The normalized spacial score (nSPS) is 10.7. The second-order valence-corrected chi connectivity index (χ2v) is 7.83. The molecule has 0 unspecified atom stereocenters. The van der Waals surface area contributed by atoms with Crippen LogP contribution >= 0.6 is 27.7 Å². The molecular weight excluding hydrogens is 456 g/mol. The number of methoxy groups -OCH3 is 4. The summed E-state index contributed by atoms with van der Waals surface area (Å²) in [7, 11) is 8.43. The van der Waals surface area contributed by atoms with Gasteiger partial charge >= 0.3 is 0 Å². The Hall–Kier alpha value is -2.32. The number of hydrogen-bond acceptors (Lipinski definition) is 6. The Morgan fingerprint density at radius 2 is 1.45 bits per heavy atom. The highest BCUT2D eigenvalue weighted by Crippen LogP contribution is 2.44. The number of thioether (sulfide) groups is 1. The van der Waals surface area contributed by atoms with E-state index in [1.165, 1.54) is 0 Å². The number of benzene rings is 2. The number of imidazole rings is 1. The first kappa shape index (κ1) is 21.4. The Kier molecular flexibility index (Phi) is 6.64. The molecule has 0 amide bonds. The van der Waals surface area contributed by atoms with Crippen LogP contribution in [0.4, 0.5) is 0 Å². The van der Waals surface area contributed by atoms with E-state index in [2.05, 4.69) is 27.0 Å². The van der Waals surface area contributed by atoms with Gasteiger partial charge in [0.05, 0.1) is 51.0 Å². The lowest BCUT2D eigenvalue weighted by atomic mass is 10.0. The lowest BCUT2D eigenvalue weighted by Crippen LogP contribution is -1.97. The lowest BCUT2D eigenvalue weighted by Gasteiger charge is -2.15. The van der Waals surface area contributed by atoms with Crippen molar-refractivity contribution < 1.29 is 18.9 Å². The highest BCUT2D eigenvalue weighted by atomic mass is 79.9. The van der Waals surface area contributed by atoms with Crippen molar-refractivity contribution in [1.29, 1.82) is 0 Å². The number of hydrogen-bond donors (Lipinski definition) is 0. The zero-order valence-electron chi connectivity index (χ0n) is 17.2. The topological polar surface area (TPSA) is 54.7 Å². The highest BCUT2D eigenvalue weighted by molar-refractivity contribution is 9.10. The minimum atomic E-state index is 0.546. The van der Waals surface area contributed by atoms with Gasteiger partial charge in [0.15, 0.2) is 11.5 Å². The molecule has 0 aliphatic rings. The quantitative estimate of drug-likeness (QED) is 0.431. The predicted molar refractivity (Wildman–Crippen MR) is 120 cm³/mol. The van der Waals surface area contributed by atoms with Gasteiger partial charge in [0.2, 0.25) is 5.75 Å². The van der Waals surface area contributed by atoms with Crippen molar-refractivity contribution in [2.75, 3.05) is 34.7 Å². The number of aromatic nitrogens is 2. The molecule has 0 bridgehead atoms. The molecule has 0 spiro atoms.